The Morgan fingerprint density at radius 3 is 2.53 bits per heavy atom. The molecule has 1 saturated carbocycles. The molecule has 1 aromatic heterocycles. The van der Waals surface area contributed by atoms with E-state index in [-0.39, 0.29) is 24.0 Å². The first kappa shape index (κ1) is 24.5. The van der Waals surface area contributed by atoms with Crippen molar-refractivity contribution < 1.29 is 4.74 Å². The summed E-state index contributed by atoms with van der Waals surface area (Å²) in [6.07, 6.45) is 6.89. The lowest BCUT2D eigenvalue weighted by Gasteiger charge is -2.42. The first-order chi connectivity index (χ1) is 15.2. The highest BCUT2D eigenvalue weighted by molar-refractivity contribution is 14.0. The Morgan fingerprint density at radius 2 is 1.84 bits per heavy atom. The fourth-order valence-electron chi connectivity index (χ4n) is 4.28. The lowest BCUT2D eigenvalue weighted by Crippen LogP contribution is -2.46. The Balaban J connectivity index is 0.00000289. The van der Waals surface area contributed by atoms with Crippen LogP contribution in [0.4, 0.5) is 0 Å². The van der Waals surface area contributed by atoms with Gasteiger partial charge in [0.25, 0.3) is 0 Å². The molecule has 0 amide bonds. The number of nitrogens with zero attached hydrogens (tertiary/aromatic N) is 3. The predicted molar refractivity (Wildman–Crippen MR) is 142 cm³/mol. The van der Waals surface area contributed by atoms with Gasteiger partial charge in [-0.3, -0.25) is 4.99 Å². The number of halogens is 1. The molecule has 3 aromatic rings. The molecule has 0 radical (unpaired) electrons. The maximum atomic E-state index is 5.30. The topological polar surface area (TPSA) is 63.5 Å². The normalized spacial score (nSPS) is 15.1. The fourth-order valence-corrected chi connectivity index (χ4v) is 4.28. The van der Waals surface area contributed by atoms with Crippen molar-refractivity contribution >= 4 is 41.0 Å². The predicted octanol–water partition coefficient (Wildman–Crippen LogP) is 4.57. The third kappa shape index (κ3) is 6.01. The smallest absolute Gasteiger partial charge is 0.191 e. The summed E-state index contributed by atoms with van der Waals surface area (Å²) < 4.78 is 7.49. The zero-order chi connectivity index (χ0) is 21.5. The SMILES string of the molecule is CN=C(NCc1ccc(Cn2cnc3ccccc32)cc1)NCC1(CCOC)CCC1.I. The van der Waals surface area contributed by atoms with Gasteiger partial charge in [0.1, 0.15) is 0 Å². The number of para-hydroxylation sites is 2. The lowest BCUT2D eigenvalue weighted by atomic mass is 9.67. The highest BCUT2D eigenvalue weighted by atomic mass is 127. The zero-order valence-corrected chi connectivity index (χ0v) is 21.3. The number of nitrogens with one attached hydrogen (secondary N) is 2. The van der Waals surface area contributed by atoms with Gasteiger partial charge in [-0.1, -0.05) is 42.8 Å². The van der Waals surface area contributed by atoms with Crippen LogP contribution in [0.3, 0.4) is 0 Å². The molecule has 2 N–H and O–H groups in total. The van der Waals surface area contributed by atoms with Crippen molar-refractivity contribution in [2.24, 2.45) is 10.4 Å². The maximum Gasteiger partial charge on any atom is 0.191 e. The van der Waals surface area contributed by atoms with Crippen molar-refractivity contribution in [3.8, 4) is 0 Å². The van der Waals surface area contributed by atoms with Crippen molar-refractivity contribution in [3.05, 3.63) is 66.0 Å². The van der Waals surface area contributed by atoms with Crippen molar-refractivity contribution in [2.45, 2.75) is 38.8 Å². The summed E-state index contributed by atoms with van der Waals surface area (Å²) in [5.41, 5.74) is 5.07. The number of rotatable bonds is 9. The number of hydrogen-bond acceptors (Lipinski definition) is 3. The third-order valence-electron chi connectivity index (χ3n) is 6.47. The number of imidazole rings is 1. The highest BCUT2D eigenvalue weighted by Gasteiger charge is 2.36. The van der Waals surface area contributed by atoms with Crippen LogP contribution in [0.5, 0.6) is 0 Å². The maximum absolute atomic E-state index is 5.30. The Bertz CT molecular complexity index is 1010. The van der Waals surface area contributed by atoms with Crippen molar-refractivity contribution in [3.63, 3.8) is 0 Å². The quantitative estimate of drug-likeness (QED) is 0.234. The molecule has 1 heterocycles. The number of fused-ring (bicyclic) bond motifs is 1. The van der Waals surface area contributed by atoms with Gasteiger partial charge >= 0.3 is 0 Å². The molecule has 4 rings (SSSR count). The average molecular weight is 547 g/mol. The molecule has 1 fully saturated rings. The van der Waals surface area contributed by atoms with Crippen LogP contribution in [-0.2, 0) is 17.8 Å². The number of aromatic nitrogens is 2. The fraction of sp³-hybridized carbons (Fsp3) is 0.440. The number of ether oxygens (including phenoxy) is 1. The van der Waals surface area contributed by atoms with Crippen LogP contribution >= 0.6 is 24.0 Å². The second-order valence-electron chi connectivity index (χ2n) is 8.55. The average Bonchev–Trinajstić information content (AvgIpc) is 3.18. The van der Waals surface area contributed by atoms with Crippen LogP contribution in [0.1, 0.15) is 36.8 Å². The summed E-state index contributed by atoms with van der Waals surface area (Å²) in [5.74, 6) is 0.859. The van der Waals surface area contributed by atoms with E-state index in [4.69, 9.17) is 4.74 Å². The first-order valence-electron chi connectivity index (χ1n) is 11.1. The molecular weight excluding hydrogens is 513 g/mol. The minimum absolute atomic E-state index is 0. The molecule has 0 saturated heterocycles. The van der Waals surface area contributed by atoms with Gasteiger partial charge in [-0.2, -0.15) is 0 Å². The van der Waals surface area contributed by atoms with Gasteiger partial charge in [-0.25, -0.2) is 4.98 Å². The van der Waals surface area contributed by atoms with Gasteiger partial charge in [-0.05, 0) is 47.9 Å². The van der Waals surface area contributed by atoms with Crippen LogP contribution in [0, 0.1) is 5.41 Å². The van der Waals surface area contributed by atoms with Crippen molar-refractivity contribution in [1.82, 2.24) is 20.2 Å². The van der Waals surface area contributed by atoms with Gasteiger partial charge < -0.3 is 19.9 Å². The second kappa shape index (κ2) is 11.7. The lowest BCUT2D eigenvalue weighted by molar-refractivity contribution is 0.0732. The van der Waals surface area contributed by atoms with Gasteiger partial charge in [0, 0.05) is 40.4 Å². The summed E-state index contributed by atoms with van der Waals surface area (Å²) >= 11 is 0. The molecule has 172 valence electrons. The number of benzene rings is 2. The van der Waals surface area contributed by atoms with Gasteiger partial charge in [0.2, 0.25) is 0 Å². The molecule has 1 aliphatic carbocycles. The number of hydrogen-bond donors (Lipinski definition) is 2. The minimum Gasteiger partial charge on any atom is -0.385 e. The molecule has 32 heavy (non-hydrogen) atoms. The standard InChI is InChI=1S/C25H33N5O.HI/c1-26-24(28-18-25(12-5-13-25)14-15-31-2)27-16-20-8-10-21(11-9-20)17-30-19-29-22-6-3-4-7-23(22)30;/h3-4,6-11,19H,5,12-18H2,1-2H3,(H2,26,27,28);1H. The van der Waals surface area contributed by atoms with Gasteiger partial charge in [0.05, 0.1) is 17.4 Å². The molecule has 0 atom stereocenters. The van der Waals surface area contributed by atoms with Gasteiger partial charge in [0.15, 0.2) is 5.96 Å². The summed E-state index contributed by atoms with van der Waals surface area (Å²) in [6.45, 7) is 3.35. The molecular formula is C25H34IN5O. The van der Waals surface area contributed by atoms with Gasteiger partial charge in [-0.15, -0.1) is 24.0 Å². The Labute approximate surface area is 207 Å². The zero-order valence-electron chi connectivity index (χ0n) is 19.0. The first-order valence-corrected chi connectivity index (χ1v) is 11.1. The largest absolute Gasteiger partial charge is 0.385 e. The number of guanidine groups is 1. The third-order valence-corrected chi connectivity index (χ3v) is 6.47. The van der Waals surface area contributed by atoms with Crippen molar-refractivity contribution in [2.75, 3.05) is 27.3 Å². The molecule has 6 nitrogen and oxygen atoms in total. The van der Waals surface area contributed by atoms with Crippen LogP contribution < -0.4 is 10.6 Å². The van der Waals surface area contributed by atoms with E-state index in [2.05, 4.69) is 61.6 Å². The molecule has 1 aliphatic rings. The van der Waals surface area contributed by atoms with E-state index < -0.39 is 0 Å². The Kier molecular flexibility index (Phi) is 8.92. The summed E-state index contributed by atoms with van der Waals surface area (Å²) in [4.78, 5) is 8.87. The van der Waals surface area contributed by atoms with Crippen molar-refractivity contribution in [1.29, 1.82) is 0 Å². The molecule has 2 aromatic carbocycles. The molecule has 7 heteroatoms. The van der Waals surface area contributed by atoms with E-state index in [0.717, 1.165) is 49.7 Å². The van der Waals surface area contributed by atoms with E-state index in [1.165, 1.54) is 30.4 Å². The molecule has 0 spiro atoms. The number of aliphatic imine (C=N–C) groups is 1. The van der Waals surface area contributed by atoms with Crippen LogP contribution in [0.2, 0.25) is 0 Å². The minimum atomic E-state index is 0. The van der Waals surface area contributed by atoms with Crippen LogP contribution in [-0.4, -0.2) is 42.8 Å². The highest BCUT2D eigenvalue weighted by Crippen LogP contribution is 2.43. The molecule has 0 aliphatic heterocycles. The number of methoxy groups -OCH3 is 1. The Morgan fingerprint density at radius 1 is 1.09 bits per heavy atom. The second-order valence-corrected chi connectivity index (χ2v) is 8.55. The van der Waals surface area contributed by atoms with Crippen LogP contribution in [0.15, 0.2) is 59.9 Å². The van der Waals surface area contributed by atoms with E-state index in [1.807, 2.05) is 25.5 Å². The van der Waals surface area contributed by atoms with E-state index in [1.54, 1.807) is 7.11 Å². The van der Waals surface area contributed by atoms with E-state index in [9.17, 15) is 0 Å². The molecule has 0 unspecified atom stereocenters. The summed E-state index contributed by atoms with van der Waals surface area (Å²) in [7, 11) is 3.61. The van der Waals surface area contributed by atoms with E-state index in [0.29, 0.717) is 5.41 Å². The molecule has 0 bridgehead atoms. The summed E-state index contributed by atoms with van der Waals surface area (Å²) in [6, 6.07) is 17.0. The van der Waals surface area contributed by atoms with E-state index >= 15 is 0 Å². The summed E-state index contributed by atoms with van der Waals surface area (Å²) in [5, 5.41) is 6.97. The van der Waals surface area contributed by atoms with Crippen LogP contribution in [0.25, 0.3) is 11.0 Å². The monoisotopic (exact) mass is 547 g/mol. The Hall–Kier alpha value is -2.13.